The molecule has 4 saturated carbocycles. The van der Waals surface area contributed by atoms with E-state index in [-0.39, 0.29) is 23.5 Å². The number of fused-ring (bicyclic) bond motifs is 2. The Morgan fingerprint density at radius 2 is 1.89 bits per heavy atom. The molecule has 3 N–H and O–H groups in total. The molecule has 0 aromatic carbocycles. The molecule has 2 heterocycles. The summed E-state index contributed by atoms with van der Waals surface area (Å²) < 4.78 is 12.0. The summed E-state index contributed by atoms with van der Waals surface area (Å²) in [5, 5.41) is 33.4. The molecule has 2 saturated heterocycles. The number of methoxy groups -OCH3 is 1. The molecule has 2 spiro atoms. The lowest BCUT2D eigenvalue weighted by molar-refractivity contribution is -0.418. The van der Waals surface area contributed by atoms with E-state index in [1.165, 1.54) is 0 Å². The van der Waals surface area contributed by atoms with Gasteiger partial charge in [0.15, 0.2) is 12.1 Å². The Morgan fingerprint density at radius 1 is 1.19 bits per heavy atom. The number of rotatable bonds is 1. The Hall–Kier alpha value is -0.790. The van der Waals surface area contributed by atoms with Crippen molar-refractivity contribution in [2.24, 2.45) is 34.0 Å². The summed E-state index contributed by atoms with van der Waals surface area (Å²) in [6.07, 6.45) is -1.08. The smallest absolute Gasteiger partial charge is 0.170 e. The second-order valence-electron chi connectivity index (χ2n) is 10.0. The van der Waals surface area contributed by atoms with Crippen LogP contribution in [0.15, 0.2) is 12.2 Å². The maximum absolute atomic E-state index is 13.4. The predicted molar refractivity (Wildman–Crippen MR) is 95.4 cm³/mol. The van der Waals surface area contributed by atoms with Gasteiger partial charge >= 0.3 is 0 Å². The van der Waals surface area contributed by atoms with E-state index in [1.54, 1.807) is 7.11 Å². The van der Waals surface area contributed by atoms with Crippen LogP contribution in [0.2, 0.25) is 0 Å². The third-order valence-corrected chi connectivity index (χ3v) is 9.13. The zero-order valence-corrected chi connectivity index (χ0v) is 16.2. The van der Waals surface area contributed by atoms with Crippen LogP contribution in [-0.4, -0.2) is 58.9 Å². The monoisotopic (exact) mass is 378 g/mol. The van der Waals surface area contributed by atoms with Gasteiger partial charge in [-0.1, -0.05) is 20.4 Å². The molecule has 6 heteroatoms. The number of aliphatic hydroxyl groups is 3. The maximum atomic E-state index is 13.4. The molecule has 4 aliphatic carbocycles. The minimum Gasteiger partial charge on any atom is -0.393 e. The molecule has 6 rings (SSSR count). The van der Waals surface area contributed by atoms with Crippen LogP contribution < -0.4 is 0 Å². The predicted octanol–water partition coefficient (Wildman–Crippen LogP) is 1.03. The molecule has 0 aromatic heterocycles. The highest BCUT2D eigenvalue weighted by Gasteiger charge is 2.82. The topological polar surface area (TPSA) is 96.2 Å². The van der Waals surface area contributed by atoms with Crippen molar-refractivity contribution >= 4 is 5.78 Å². The van der Waals surface area contributed by atoms with Crippen LogP contribution in [0, 0.1) is 34.0 Å². The molecule has 10 unspecified atom stereocenters. The lowest BCUT2D eigenvalue weighted by Gasteiger charge is -2.73. The van der Waals surface area contributed by atoms with Crippen molar-refractivity contribution < 1.29 is 29.6 Å². The molecule has 27 heavy (non-hydrogen) atoms. The molecule has 0 aromatic rings. The number of ether oxygens (including phenoxy) is 2. The number of carbonyl (C=O) groups excluding carboxylic acids is 1. The summed E-state index contributed by atoms with van der Waals surface area (Å²) in [6, 6.07) is 0. The fourth-order valence-corrected chi connectivity index (χ4v) is 8.17. The minimum absolute atomic E-state index is 0.136. The van der Waals surface area contributed by atoms with Crippen molar-refractivity contribution in [2.75, 3.05) is 7.11 Å². The van der Waals surface area contributed by atoms with Gasteiger partial charge in [-0.3, -0.25) is 4.79 Å². The van der Waals surface area contributed by atoms with Crippen LogP contribution in [0.5, 0.6) is 0 Å². The van der Waals surface area contributed by atoms with E-state index < -0.39 is 47.0 Å². The molecule has 2 aliphatic heterocycles. The summed E-state index contributed by atoms with van der Waals surface area (Å²) in [4.78, 5) is 13.4. The van der Waals surface area contributed by atoms with E-state index in [0.717, 1.165) is 12.8 Å². The maximum Gasteiger partial charge on any atom is 0.170 e. The van der Waals surface area contributed by atoms with Crippen LogP contribution in [0.3, 0.4) is 0 Å². The van der Waals surface area contributed by atoms with Crippen LogP contribution in [0.4, 0.5) is 0 Å². The van der Waals surface area contributed by atoms with Crippen molar-refractivity contribution in [3.63, 3.8) is 0 Å². The van der Waals surface area contributed by atoms with E-state index in [2.05, 4.69) is 6.58 Å². The normalized spacial score (nSPS) is 58.1. The van der Waals surface area contributed by atoms with Crippen LogP contribution in [-0.2, 0) is 14.3 Å². The highest BCUT2D eigenvalue weighted by atomic mass is 16.7. The second kappa shape index (κ2) is 5.22. The fourth-order valence-electron chi connectivity index (χ4n) is 8.17. The van der Waals surface area contributed by atoms with Gasteiger partial charge in [0.2, 0.25) is 0 Å². The van der Waals surface area contributed by atoms with Crippen molar-refractivity contribution in [2.45, 2.75) is 70.2 Å². The second-order valence-corrected chi connectivity index (χ2v) is 10.0. The first-order valence-electron chi connectivity index (χ1n) is 10.1. The molecule has 6 aliphatic rings. The van der Waals surface area contributed by atoms with E-state index in [0.29, 0.717) is 18.4 Å². The van der Waals surface area contributed by atoms with E-state index in [9.17, 15) is 20.1 Å². The lowest BCUT2D eigenvalue weighted by atomic mass is 9.36. The molecule has 6 fully saturated rings. The zero-order valence-electron chi connectivity index (χ0n) is 16.2. The van der Waals surface area contributed by atoms with Gasteiger partial charge in [0, 0.05) is 24.4 Å². The Morgan fingerprint density at radius 3 is 2.56 bits per heavy atom. The lowest BCUT2D eigenvalue weighted by Crippen LogP contribution is -2.81. The highest BCUT2D eigenvalue weighted by molar-refractivity contribution is 6.04. The third-order valence-electron chi connectivity index (χ3n) is 9.13. The quantitative estimate of drug-likeness (QED) is 0.590. The molecular weight excluding hydrogens is 348 g/mol. The summed E-state index contributed by atoms with van der Waals surface area (Å²) in [5.74, 6) is -0.796. The number of aliphatic hydroxyl groups excluding tert-OH is 3. The molecule has 10 atom stereocenters. The van der Waals surface area contributed by atoms with Crippen LogP contribution >= 0.6 is 0 Å². The Labute approximate surface area is 159 Å². The van der Waals surface area contributed by atoms with Gasteiger partial charge in [0.05, 0.1) is 23.7 Å². The molecule has 4 bridgehead atoms. The Bertz CT molecular complexity index is 717. The van der Waals surface area contributed by atoms with Gasteiger partial charge in [-0.25, -0.2) is 0 Å². The van der Waals surface area contributed by atoms with Gasteiger partial charge < -0.3 is 24.8 Å². The zero-order chi connectivity index (χ0) is 19.5. The SMILES string of the molecule is C=C1C(=O)C23C(O)C1CCC2C12CCC(O)C(C)(C)C1C(O)C3OC2OC. The number of hydrogen-bond donors (Lipinski definition) is 3. The highest BCUT2D eigenvalue weighted by Crippen LogP contribution is 2.75. The average molecular weight is 378 g/mol. The van der Waals surface area contributed by atoms with Gasteiger partial charge in [0.1, 0.15) is 6.10 Å². The van der Waals surface area contributed by atoms with Gasteiger partial charge in [-0.2, -0.15) is 0 Å². The summed E-state index contributed by atoms with van der Waals surface area (Å²) in [6.45, 7) is 7.97. The fraction of sp³-hybridized carbons (Fsp3) is 0.857. The summed E-state index contributed by atoms with van der Waals surface area (Å²) in [5.41, 5.74) is -1.81. The average Bonchev–Trinajstić information content (AvgIpc) is 2.74. The van der Waals surface area contributed by atoms with Crippen molar-refractivity contribution in [1.82, 2.24) is 0 Å². The van der Waals surface area contributed by atoms with Crippen molar-refractivity contribution in [3.05, 3.63) is 12.2 Å². The first-order chi connectivity index (χ1) is 12.7. The molecule has 6 nitrogen and oxygen atoms in total. The molecule has 150 valence electrons. The third kappa shape index (κ3) is 1.67. The Kier molecular flexibility index (Phi) is 3.53. The minimum atomic E-state index is -1.14. The summed E-state index contributed by atoms with van der Waals surface area (Å²) in [7, 11) is 1.60. The molecule has 0 radical (unpaired) electrons. The summed E-state index contributed by atoms with van der Waals surface area (Å²) >= 11 is 0. The van der Waals surface area contributed by atoms with Crippen molar-refractivity contribution in [3.8, 4) is 0 Å². The number of carbonyl (C=O) groups is 1. The van der Waals surface area contributed by atoms with Crippen molar-refractivity contribution in [1.29, 1.82) is 0 Å². The van der Waals surface area contributed by atoms with E-state index >= 15 is 0 Å². The standard InChI is InChI=1S/C21H30O6/c1-9-10-5-6-11-20-8-7-12(22)19(2,3)14(20)13(23)17(27-18(20)26-4)21(11,15(9)24)16(10)25/h10-14,16-18,22-23,25H,1,5-8H2,2-4H3. The van der Waals surface area contributed by atoms with Gasteiger partial charge in [-0.05, 0) is 42.6 Å². The largest absolute Gasteiger partial charge is 0.393 e. The Balaban J connectivity index is 1.76. The number of hydrogen-bond acceptors (Lipinski definition) is 6. The van der Waals surface area contributed by atoms with Gasteiger partial charge in [-0.15, -0.1) is 0 Å². The molecular formula is C21H30O6. The van der Waals surface area contributed by atoms with E-state index in [4.69, 9.17) is 9.47 Å². The number of ketones is 1. The first-order valence-corrected chi connectivity index (χ1v) is 10.1. The van der Waals surface area contributed by atoms with Crippen LogP contribution in [0.1, 0.15) is 39.5 Å². The molecule has 0 amide bonds. The van der Waals surface area contributed by atoms with Crippen LogP contribution in [0.25, 0.3) is 0 Å². The number of Topliss-reactive ketones (excluding diaryl/α,β-unsaturated/α-hetero) is 1. The van der Waals surface area contributed by atoms with E-state index in [1.807, 2.05) is 13.8 Å². The first kappa shape index (κ1) is 18.3. The van der Waals surface area contributed by atoms with Gasteiger partial charge in [0.25, 0.3) is 0 Å².